The molecule has 180 valence electrons. The molecule has 3 rings (SSSR count). The van der Waals surface area contributed by atoms with Gasteiger partial charge in [0.15, 0.2) is 5.15 Å². The number of esters is 1. The number of pyridine rings is 1. The highest BCUT2D eigenvalue weighted by Gasteiger charge is 2.26. The second-order valence-electron chi connectivity index (χ2n) is 7.57. The Labute approximate surface area is 210 Å². The van der Waals surface area contributed by atoms with Crippen molar-refractivity contribution in [1.82, 2.24) is 4.98 Å². The summed E-state index contributed by atoms with van der Waals surface area (Å²) in [6.07, 6.45) is 0. The van der Waals surface area contributed by atoms with Gasteiger partial charge in [0.1, 0.15) is 23.1 Å². The van der Waals surface area contributed by atoms with Gasteiger partial charge in [-0.3, -0.25) is 4.79 Å². The third-order valence-electron chi connectivity index (χ3n) is 4.76. The zero-order chi connectivity index (χ0) is 24.8. The van der Waals surface area contributed by atoms with E-state index in [0.717, 1.165) is 5.56 Å². The minimum atomic E-state index is -2.91. The van der Waals surface area contributed by atoms with Crippen LogP contribution in [0.15, 0.2) is 54.6 Å². The number of alkyl halides is 2. The molecule has 0 bridgehead atoms. The van der Waals surface area contributed by atoms with E-state index in [0.29, 0.717) is 11.3 Å². The zero-order valence-corrected chi connectivity index (χ0v) is 20.4. The van der Waals surface area contributed by atoms with E-state index in [1.165, 1.54) is 18.2 Å². The minimum absolute atomic E-state index is 0.0225. The fraction of sp³-hybridized carbons (Fsp3) is 0.250. The van der Waals surface area contributed by atoms with E-state index in [1.807, 2.05) is 13.8 Å². The largest absolute Gasteiger partial charge is 0.460 e. The quantitative estimate of drug-likeness (QED) is 0.208. The van der Waals surface area contributed by atoms with Crippen molar-refractivity contribution in [3.63, 3.8) is 0 Å². The van der Waals surface area contributed by atoms with Crippen LogP contribution in [-0.2, 0) is 16.1 Å². The molecule has 0 N–H and O–H groups in total. The van der Waals surface area contributed by atoms with Crippen LogP contribution in [0, 0.1) is 5.92 Å². The maximum Gasteiger partial charge on any atom is 0.387 e. The molecule has 0 saturated heterocycles. The molecule has 0 aliphatic rings. The second kappa shape index (κ2) is 11.7. The van der Waals surface area contributed by atoms with E-state index in [9.17, 15) is 13.6 Å². The Bertz CT molecular complexity index is 1130. The van der Waals surface area contributed by atoms with E-state index in [-0.39, 0.29) is 39.4 Å². The molecule has 0 amide bonds. The monoisotopic (exact) mass is 529 g/mol. The van der Waals surface area contributed by atoms with Crippen LogP contribution in [0.25, 0.3) is 0 Å². The second-order valence-corrected chi connectivity index (χ2v) is 8.74. The highest BCUT2D eigenvalue weighted by molar-refractivity contribution is 6.42. The Balaban J connectivity index is 1.62. The van der Waals surface area contributed by atoms with Gasteiger partial charge in [0.2, 0.25) is 5.88 Å². The van der Waals surface area contributed by atoms with Crippen LogP contribution in [0.3, 0.4) is 0 Å². The fourth-order valence-corrected chi connectivity index (χ4v) is 3.69. The Hall–Kier alpha value is -2.61. The van der Waals surface area contributed by atoms with E-state index in [1.54, 1.807) is 36.4 Å². The van der Waals surface area contributed by atoms with Crippen molar-refractivity contribution in [2.24, 2.45) is 5.92 Å². The maximum atomic E-state index is 12.8. The van der Waals surface area contributed by atoms with Crippen molar-refractivity contribution in [3.05, 3.63) is 80.9 Å². The highest BCUT2D eigenvalue weighted by atomic mass is 35.5. The van der Waals surface area contributed by atoms with Crippen LogP contribution in [0.5, 0.6) is 17.4 Å². The summed E-state index contributed by atoms with van der Waals surface area (Å²) in [5.74, 6) is -0.479. The van der Waals surface area contributed by atoms with Gasteiger partial charge in [-0.25, -0.2) is 0 Å². The zero-order valence-electron chi connectivity index (χ0n) is 18.1. The summed E-state index contributed by atoms with van der Waals surface area (Å²) < 4.78 is 40.2. The van der Waals surface area contributed by atoms with Crippen molar-refractivity contribution >= 4 is 40.8 Å². The molecule has 1 atom stereocenters. The molecule has 2 aromatic carbocycles. The highest BCUT2D eigenvalue weighted by Crippen LogP contribution is 2.33. The lowest BCUT2D eigenvalue weighted by Gasteiger charge is -2.20. The van der Waals surface area contributed by atoms with E-state index in [2.05, 4.69) is 9.72 Å². The third kappa shape index (κ3) is 6.95. The van der Waals surface area contributed by atoms with Crippen molar-refractivity contribution in [2.45, 2.75) is 33.0 Å². The SMILES string of the molecule is CC(C)C(C(=O)OCc1ccc(Oc2nc(Cl)c(Cl)cc2Cl)cc1)c1ccc(OC(F)F)cc1. The van der Waals surface area contributed by atoms with Crippen molar-refractivity contribution in [3.8, 4) is 17.4 Å². The summed E-state index contributed by atoms with van der Waals surface area (Å²) >= 11 is 17.8. The predicted octanol–water partition coefficient (Wildman–Crippen LogP) is 7.92. The first-order chi connectivity index (χ1) is 16.1. The lowest BCUT2D eigenvalue weighted by atomic mass is 9.88. The number of halogens is 5. The van der Waals surface area contributed by atoms with E-state index < -0.39 is 18.5 Å². The first-order valence-electron chi connectivity index (χ1n) is 10.1. The summed E-state index contributed by atoms with van der Waals surface area (Å²) in [6.45, 7) is 0.889. The molecule has 5 nitrogen and oxygen atoms in total. The van der Waals surface area contributed by atoms with Gasteiger partial charge in [-0.1, -0.05) is 72.9 Å². The van der Waals surface area contributed by atoms with Crippen molar-refractivity contribution in [1.29, 1.82) is 0 Å². The van der Waals surface area contributed by atoms with Crippen LogP contribution < -0.4 is 9.47 Å². The summed E-state index contributed by atoms with van der Waals surface area (Å²) in [6, 6.07) is 14.2. The van der Waals surface area contributed by atoms with Crippen LogP contribution >= 0.6 is 34.8 Å². The van der Waals surface area contributed by atoms with E-state index >= 15 is 0 Å². The smallest absolute Gasteiger partial charge is 0.387 e. The van der Waals surface area contributed by atoms with E-state index in [4.69, 9.17) is 44.3 Å². The van der Waals surface area contributed by atoms with Crippen LogP contribution in [0.4, 0.5) is 8.78 Å². The van der Waals surface area contributed by atoms with Crippen molar-refractivity contribution < 1.29 is 27.8 Å². The van der Waals surface area contributed by atoms with Crippen LogP contribution in [0.2, 0.25) is 15.2 Å². The molecule has 0 radical (unpaired) electrons. The molecule has 1 heterocycles. The standard InChI is InChI=1S/C24H20Cl3F2NO4/c1-13(2)20(15-5-9-17(10-6-15)34-24(28)29)23(31)32-12-14-3-7-16(8-4-14)33-22-19(26)11-18(25)21(27)30-22/h3-11,13,20,24H,12H2,1-2H3. The molecular weight excluding hydrogens is 511 g/mol. The Morgan fingerprint density at radius 1 is 0.941 bits per heavy atom. The molecule has 1 aromatic heterocycles. The molecule has 10 heteroatoms. The topological polar surface area (TPSA) is 57.7 Å². The number of aromatic nitrogens is 1. The average Bonchev–Trinajstić information content (AvgIpc) is 2.77. The van der Waals surface area contributed by atoms with Gasteiger partial charge in [0.25, 0.3) is 0 Å². The predicted molar refractivity (Wildman–Crippen MR) is 126 cm³/mol. The lowest BCUT2D eigenvalue weighted by Crippen LogP contribution is -2.21. The molecule has 0 fully saturated rings. The average molecular weight is 531 g/mol. The lowest BCUT2D eigenvalue weighted by molar-refractivity contribution is -0.148. The van der Waals surface area contributed by atoms with Gasteiger partial charge in [-0.15, -0.1) is 0 Å². The minimum Gasteiger partial charge on any atom is -0.460 e. The number of nitrogens with zero attached hydrogens (tertiary/aromatic N) is 1. The first-order valence-corrected chi connectivity index (χ1v) is 11.3. The maximum absolute atomic E-state index is 12.8. The normalized spacial score (nSPS) is 12.0. The molecule has 0 aliphatic heterocycles. The van der Waals surface area contributed by atoms with Crippen LogP contribution in [0.1, 0.15) is 30.9 Å². The first kappa shape index (κ1) is 26.0. The van der Waals surface area contributed by atoms with Gasteiger partial charge in [0.05, 0.1) is 10.9 Å². The van der Waals surface area contributed by atoms with Crippen LogP contribution in [-0.4, -0.2) is 17.6 Å². The van der Waals surface area contributed by atoms with Gasteiger partial charge in [-0.2, -0.15) is 13.8 Å². The molecule has 0 aliphatic carbocycles. The molecule has 0 saturated carbocycles. The van der Waals surface area contributed by atoms with Gasteiger partial charge < -0.3 is 14.2 Å². The molecular formula is C24H20Cl3F2NO4. The number of rotatable bonds is 9. The Morgan fingerprint density at radius 2 is 1.56 bits per heavy atom. The summed E-state index contributed by atoms with van der Waals surface area (Å²) in [7, 11) is 0. The number of carbonyl (C=O) groups excluding carboxylic acids is 1. The number of hydrogen-bond donors (Lipinski definition) is 0. The molecule has 34 heavy (non-hydrogen) atoms. The number of hydrogen-bond acceptors (Lipinski definition) is 5. The number of ether oxygens (including phenoxy) is 3. The summed E-state index contributed by atoms with van der Waals surface area (Å²) in [5.41, 5.74) is 1.38. The summed E-state index contributed by atoms with van der Waals surface area (Å²) in [5, 5.41) is 0.495. The molecule has 0 spiro atoms. The van der Waals surface area contributed by atoms with Gasteiger partial charge >= 0.3 is 12.6 Å². The number of carbonyl (C=O) groups is 1. The fourth-order valence-electron chi connectivity index (χ4n) is 3.16. The Kier molecular flexibility index (Phi) is 8.94. The van der Waals surface area contributed by atoms with Crippen molar-refractivity contribution in [2.75, 3.05) is 0 Å². The molecule has 3 aromatic rings. The third-order valence-corrected chi connectivity index (χ3v) is 5.70. The van der Waals surface area contributed by atoms with Gasteiger partial charge in [-0.05, 0) is 47.4 Å². The Morgan fingerprint density at radius 3 is 2.15 bits per heavy atom. The summed E-state index contributed by atoms with van der Waals surface area (Å²) in [4.78, 5) is 16.8. The number of benzene rings is 2. The molecule has 1 unspecified atom stereocenters. The van der Waals surface area contributed by atoms with Gasteiger partial charge in [0, 0.05) is 0 Å².